The average molecular weight is 335 g/mol. The zero-order valence-corrected chi connectivity index (χ0v) is 15.0. The van der Waals surface area contributed by atoms with Gasteiger partial charge in [0.1, 0.15) is 6.10 Å². The van der Waals surface area contributed by atoms with E-state index in [1.807, 2.05) is 54.6 Å². The molecule has 0 aliphatic heterocycles. The zero-order chi connectivity index (χ0) is 17.4. The number of aliphatic carboxylic acids is 1. The first-order valence-electron chi connectivity index (χ1n) is 7.83. The molecule has 0 N–H and O–H groups in total. The molecule has 0 fully saturated rings. The smallest absolute Gasteiger partial charge is 0.549 e. The van der Waals surface area contributed by atoms with Gasteiger partial charge < -0.3 is 24.3 Å². The molecule has 0 radical (unpaired) electrons. The van der Waals surface area contributed by atoms with E-state index in [4.69, 9.17) is 9.47 Å². The molecule has 0 heterocycles. The summed E-state index contributed by atoms with van der Waals surface area (Å²) in [4.78, 5) is 12.4. The van der Waals surface area contributed by atoms with Crippen molar-refractivity contribution in [2.24, 2.45) is 0 Å². The number of carboxylic acids is 1. The van der Waals surface area contributed by atoms with E-state index in [2.05, 4.69) is 0 Å². The number of para-hydroxylation sites is 2. The third-order valence-corrected chi connectivity index (χ3v) is 3.68. The van der Waals surface area contributed by atoms with Crippen LogP contribution >= 0.6 is 0 Å². The van der Waals surface area contributed by atoms with Gasteiger partial charge in [0.2, 0.25) is 0 Å². The van der Waals surface area contributed by atoms with Crippen LogP contribution in [0.1, 0.15) is 18.1 Å². The first-order valence-corrected chi connectivity index (χ1v) is 7.83. The van der Waals surface area contributed by atoms with Gasteiger partial charge in [0.15, 0.2) is 11.5 Å². The molecular weight excluding hydrogens is 313 g/mol. The molecule has 0 aliphatic rings. The minimum atomic E-state index is -1.08. The van der Waals surface area contributed by atoms with Crippen molar-refractivity contribution in [1.29, 1.82) is 0 Å². The summed E-state index contributed by atoms with van der Waals surface area (Å²) < 4.78 is 11.5. The molecule has 2 rings (SSSR count). The Kier molecular flexibility index (Phi) is 9.15. The number of carbonyl (C=O) groups is 1. The molecule has 2 aromatic carbocycles. The molecule has 128 valence electrons. The van der Waals surface area contributed by atoms with Crippen molar-refractivity contribution in [1.82, 2.24) is 4.90 Å². The SMILES string of the molecule is COc1ccccc1O[C@H](CCN(C)CC(=O)[O-])c1ccccc1.[Li+]. The van der Waals surface area contributed by atoms with Crippen molar-refractivity contribution in [2.75, 3.05) is 27.2 Å². The Bertz CT molecular complexity index is 651. The number of hydrogen-bond donors (Lipinski definition) is 0. The Labute approximate surface area is 160 Å². The zero-order valence-electron chi connectivity index (χ0n) is 15.0. The number of hydrogen-bond acceptors (Lipinski definition) is 5. The van der Waals surface area contributed by atoms with Gasteiger partial charge in [0.25, 0.3) is 0 Å². The molecule has 0 aromatic heterocycles. The fraction of sp³-hybridized carbons (Fsp3) is 0.316. The van der Waals surface area contributed by atoms with Gasteiger partial charge >= 0.3 is 18.9 Å². The topological polar surface area (TPSA) is 61.8 Å². The van der Waals surface area contributed by atoms with Gasteiger partial charge in [0, 0.05) is 19.5 Å². The fourth-order valence-electron chi connectivity index (χ4n) is 2.47. The standard InChI is InChI=1S/C19H23NO4.Li/c1-20(14-19(21)22)13-12-16(15-8-4-3-5-9-15)24-18-11-7-6-10-17(18)23-2;/h3-11,16H,12-14H2,1-2H3,(H,21,22);/q;+1/p-1/t16-;/m1./s1. The minimum Gasteiger partial charge on any atom is -0.549 e. The van der Waals surface area contributed by atoms with Crippen LogP contribution in [0.3, 0.4) is 0 Å². The van der Waals surface area contributed by atoms with Crippen LogP contribution in [0.15, 0.2) is 54.6 Å². The summed E-state index contributed by atoms with van der Waals surface area (Å²) in [5, 5.41) is 10.7. The molecule has 25 heavy (non-hydrogen) atoms. The maximum atomic E-state index is 10.7. The van der Waals surface area contributed by atoms with Crippen LogP contribution in [0.2, 0.25) is 0 Å². The predicted molar refractivity (Wildman–Crippen MR) is 89.9 cm³/mol. The molecule has 0 aliphatic carbocycles. The molecule has 1 atom stereocenters. The van der Waals surface area contributed by atoms with E-state index in [1.54, 1.807) is 19.1 Å². The molecule has 2 aromatic rings. The van der Waals surface area contributed by atoms with E-state index >= 15 is 0 Å². The number of nitrogens with zero attached hydrogens (tertiary/aromatic N) is 1. The van der Waals surface area contributed by atoms with Crippen LogP contribution in [-0.4, -0.2) is 38.1 Å². The summed E-state index contributed by atoms with van der Waals surface area (Å²) in [6.07, 6.45) is 0.443. The maximum Gasteiger partial charge on any atom is 1.00 e. The molecule has 0 spiro atoms. The van der Waals surface area contributed by atoms with E-state index in [1.165, 1.54) is 0 Å². The predicted octanol–water partition coefficient (Wildman–Crippen LogP) is -1.11. The Balaban J connectivity index is 0.00000312. The van der Waals surface area contributed by atoms with E-state index in [-0.39, 0.29) is 31.5 Å². The Morgan fingerprint density at radius 1 is 1.08 bits per heavy atom. The van der Waals surface area contributed by atoms with Crippen LogP contribution in [0.25, 0.3) is 0 Å². The normalized spacial score (nSPS) is 11.5. The van der Waals surface area contributed by atoms with Crippen LogP contribution in [0, 0.1) is 0 Å². The molecule has 0 unspecified atom stereocenters. The van der Waals surface area contributed by atoms with Crippen molar-refractivity contribution in [3.8, 4) is 11.5 Å². The average Bonchev–Trinajstić information content (AvgIpc) is 2.59. The Hall–Kier alpha value is -1.93. The molecule has 5 nitrogen and oxygen atoms in total. The van der Waals surface area contributed by atoms with Gasteiger partial charge in [-0.1, -0.05) is 42.5 Å². The summed E-state index contributed by atoms with van der Waals surface area (Å²) in [6.45, 7) is 0.471. The summed E-state index contributed by atoms with van der Waals surface area (Å²) in [6, 6.07) is 17.3. The van der Waals surface area contributed by atoms with E-state index in [9.17, 15) is 9.90 Å². The van der Waals surface area contributed by atoms with Crippen molar-refractivity contribution in [3.05, 3.63) is 60.2 Å². The number of rotatable bonds is 9. The summed E-state index contributed by atoms with van der Waals surface area (Å²) >= 11 is 0. The Morgan fingerprint density at radius 2 is 1.68 bits per heavy atom. The van der Waals surface area contributed by atoms with E-state index < -0.39 is 5.97 Å². The number of likely N-dealkylation sites (N-methyl/N-ethyl adjacent to an activating group) is 1. The van der Waals surface area contributed by atoms with Crippen molar-refractivity contribution in [2.45, 2.75) is 12.5 Å². The second-order valence-corrected chi connectivity index (χ2v) is 5.57. The summed E-state index contributed by atoms with van der Waals surface area (Å²) in [5.74, 6) is 0.248. The van der Waals surface area contributed by atoms with Gasteiger partial charge in [-0.15, -0.1) is 0 Å². The number of benzene rings is 2. The second kappa shape index (κ2) is 10.8. The molecule has 6 heteroatoms. The maximum absolute atomic E-state index is 10.7. The van der Waals surface area contributed by atoms with Gasteiger partial charge in [-0.2, -0.15) is 0 Å². The van der Waals surface area contributed by atoms with Crippen LogP contribution in [0.4, 0.5) is 0 Å². The number of ether oxygens (including phenoxy) is 2. The molecule has 0 saturated heterocycles. The fourth-order valence-corrected chi connectivity index (χ4v) is 2.47. The second-order valence-electron chi connectivity index (χ2n) is 5.57. The van der Waals surface area contributed by atoms with Crippen LogP contribution in [-0.2, 0) is 4.79 Å². The molecular formula is C19H22LiNO4. The molecule has 0 saturated carbocycles. The third kappa shape index (κ3) is 6.83. The third-order valence-electron chi connectivity index (χ3n) is 3.68. The summed E-state index contributed by atoms with van der Waals surface area (Å²) in [5.41, 5.74) is 1.03. The van der Waals surface area contributed by atoms with Crippen LogP contribution < -0.4 is 33.4 Å². The van der Waals surface area contributed by atoms with Crippen molar-refractivity contribution >= 4 is 5.97 Å². The number of carboxylic acid groups (broad SMARTS) is 1. The van der Waals surface area contributed by atoms with Crippen molar-refractivity contribution in [3.63, 3.8) is 0 Å². The van der Waals surface area contributed by atoms with Crippen molar-refractivity contribution < 1.29 is 38.2 Å². The van der Waals surface area contributed by atoms with Crippen LogP contribution in [0.5, 0.6) is 11.5 Å². The quantitative estimate of drug-likeness (QED) is 0.544. The largest absolute Gasteiger partial charge is 1.00 e. The monoisotopic (exact) mass is 335 g/mol. The minimum absolute atomic E-state index is 0. The van der Waals surface area contributed by atoms with Gasteiger partial charge in [-0.3, -0.25) is 0 Å². The van der Waals surface area contributed by atoms with E-state index in [0.29, 0.717) is 24.5 Å². The summed E-state index contributed by atoms with van der Waals surface area (Å²) in [7, 11) is 3.36. The van der Waals surface area contributed by atoms with Gasteiger partial charge in [-0.25, -0.2) is 0 Å². The number of carbonyl (C=O) groups excluding carboxylic acids is 1. The van der Waals surface area contributed by atoms with Gasteiger partial charge in [-0.05, 0) is 24.7 Å². The molecule has 0 bridgehead atoms. The van der Waals surface area contributed by atoms with Gasteiger partial charge in [0.05, 0.1) is 13.1 Å². The van der Waals surface area contributed by atoms with E-state index in [0.717, 1.165) is 5.56 Å². The molecule has 0 amide bonds. The first-order chi connectivity index (χ1) is 11.6. The number of methoxy groups -OCH3 is 1. The first kappa shape index (κ1) is 21.1. The Morgan fingerprint density at radius 3 is 2.28 bits per heavy atom.